The number of nitrogens with one attached hydrogen (secondary N) is 1. The average molecular weight is 449 g/mol. The molecule has 1 saturated carbocycles. The number of aromatic nitrogens is 1. The lowest BCUT2D eigenvalue weighted by Crippen LogP contribution is -2.32. The van der Waals surface area contributed by atoms with Crippen molar-refractivity contribution in [2.24, 2.45) is 5.92 Å². The zero-order valence-corrected chi connectivity index (χ0v) is 18.5. The Morgan fingerprint density at radius 3 is 2.41 bits per heavy atom. The van der Waals surface area contributed by atoms with Gasteiger partial charge in [-0.1, -0.05) is 12.1 Å². The third-order valence-electron chi connectivity index (χ3n) is 5.84. The standard InChI is InChI=1S/C24H24N4O3S/c25-9-20-22(16-1-5-18(6-2-16)31-13-19-7-8-30-19)21(10-26)24(32-14-15-11-29-12-15)28-23(20)27-17-3-4-17/h1-2,5-6,15,17,19H,3-4,7-8,11-14H2,(H,27,28)/t19-/m1/s1. The number of rotatable bonds is 9. The van der Waals surface area contributed by atoms with E-state index in [1.807, 2.05) is 24.3 Å². The van der Waals surface area contributed by atoms with E-state index in [1.165, 1.54) is 0 Å². The van der Waals surface area contributed by atoms with Crippen molar-refractivity contribution in [1.29, 1.82) is 10.5 Å². The summed E-state index contributed by atoms with van der Waals surface area (Å²) < 4.78 is 16.5. The van der Waals surface area contributed by atoms with Crippen LogP contribution >= 0.6 is 11.8 Å². The highest BCUT2D eigenvalue weighted by molar-refractivity contribution is 7.99. The molecule has 1 aliphatic carbocycles. The molecule has 1 N–H and O–H groups in total. The van der Waals surface area contributed by atoms with Crippen molar-refractivity contribution < 1.29 is 14.2 Å². The van der Waals surface area contributed by atoms with Gasteiger partial charge in [-0.2, -0.15) is 10.5 Å². The summed E-state index contributed by atoms with van der Waals surface area (Å²) in [6.07, 6.45) is 3.33. The number of pyridine rings is 1. The molecule has 0 amide bonds. The Morgan fingerprint density at radius 1 is 1.09 bits per heavy atom. The fraction of sp³-hybridized carbons (Fsp3) is 0.458. The van der Waals surface area contributed by atoms with Crippen LogP contribution in [0.1, 0.15) is 30.4 Å². The fourth-order valence-corrected chi connectivity index (χ4v) is 4.63. The maximum Gasteiger partial charge on any atom is 0.146 e. The molecule has 8 heteroatoms. The minimum absolute atomic E-state index is 0.168. The van der Waals surface area contributed by atoms with Crippen LogP contribution in [0.5, 0.6) is 5.75 Å². The SMILES string of the molecule is N#Cc1c(NC2CC2)nc(SCC2COC2)c(C#N)c1-c1ccc(OC[C@H]2CCO2)cc1. The van der Waals surface area contributed by atoms with Gasteiger partial charge in [0.25, 0.3) is 0 Å². The van der Waals surface area contributed by atoms with Crippen LogP contribution in [0.15, 0.2) is 29.3 Å². The number of hydrogen-bond donors (Lipinski definition) is 1. The number of nitrogens with zero attached hydrogens (tertiary/aromatic N) is 3. The van der Waals surface area contributed by atoms with E-state index in [0.29, 0.717) is 46.1 Å². The molecule has 7 nitrogen and oxygen atoms in total. The molecule has 2 aliphatic heterocycles. The van der Waals surface area contributed by atoms with Gasteiger partial charge in [0.1, 0.15) is 40.9 Å². The number of thioether (sulfide) groups is 1. The van der Waals surface area contributed by atoms with Gasteiger partial charge in [-0.15, -0.1) is 11.8 Å². The van der Waals surface area contributed by atoms with E-state index in [4.69, 9.17) is 19.2 Å². The molecule has 1 aromatic heterocycles. The second kappa shape index (κ2) is 9.38. The summed E-state index contributed by atoms with van der Waals surface area (Å²) >= 11 is 1.57. The zero-order chi connectivity index (χ0) is 21.9. The average Bonchev–Trinajstić information content (AvgIpc) is 3.55. The van der Waals surface area contributed by atoms with Crippen LogP contribution in [0.4, 0.5) is 5.82 Å². The third kappa shape index (κ3) is 4.54. The first-order valence-corrected chi connectivity index (χ1v) is 11.9. The van der Waals surface area contributed by atoms with Gasteiger partial charge in [0, 0.05) is 36.3 Å². The summed E-state index contributed by atoms with van der Waals surface area (Å²) in [5.74, 6) is 2.62. The largest absolute Gasteiger partial charge is 0.491 e. The van der Waals surface area contributed by atoms with Gasteiger partial charge in [0.2, 0.25) is 0 Å². The van der Waals surface area contributed by atoms with E-state index in [9.17, 15) is 10.5 Å². The summed E-state index contributed by atoms with van der Waals surface area (Å²) in [6.45, 7) is 2.83. The normalized spacial score (nSPS) is 19.9. The lowest BCUT2D eigenvalue weighted by molar-refractivity contribution is -0.0720. The molecule has 0 radical (unpaired) electrons. The number of ether oxygens (including phenoxy) is 3. The highest BCUT2D eigenvalue weighted by Gasteiger charge is 2.28. The first kappa shape index (κ1) is 21.1. The first-order valence-electron chi connectivity index (χ1n) is 10.9. The lowest BCUT2D eigenvalue weighted by atomic mass is 9.96. The molecule has 164 valence electrons. The second-order valence-corrected chi connectivity index (χ2v) is 9.37. The Labute approximate surface area is 191 Å². The van der Waals surface area contributed by atoms with E-state index in [0.717, 1.165) is 56.1 Å². The summed E-state index contributed by atoms with van der Waals surface area (Å²) in [6, 6.07) is 12.5. The van der Waals surface area contributed by atoms with Gasteiger partial charge in [-0.25, -0.2) is 4.98 Å². The van der Waals surface area contributed by atoms with Crippen molar-refractivity contribution in [2.75, 3.05) is 37.5 Å². The molecule has 2 saturated heterocycles. The van der Waals surface area contributed by atoms with Gasteiger partial charge in [0.15, 0.2) is 0 Å². The summed E-state index contributed by atoms with van der Waals surface area (Å²) in [4.78, 5) is 4.72. The Bertz CT molecular complexity index is 1060. The molecule has 1 aromatic carbocycles. The Balaban J connectivity index is 1.47. The third-order valence-corrected chi connectivity index (χ3v) is 7.05. The predicted octanol–water partition coefficient (Wildman–Crippen LogP) is 3.97. The van der Waals surface area contributed by atoms with Crippen LogP contribution in [-0.2, 0) is 9.47 Å². The number of anilines is 1. The van der Waals surface area contributed by atoms with Crippen molar-refractivity contribution >= 4 is 17.6 Å². The Morgan fingerprint density at radius 2 is 1.84 bits per heavy atom. The fourth-order valence-electron chi connectivity index (χ4n) is 3.60. The van der Waals surface area contributed by atoms with Crippen molar-refractivity contribution in [2.45, 2.75) is 36.4 Å². The van der Waals surface area contributed by atoms with Crippen LogP contribution in [0.25, 0.3) is 11.1 Å². The molecular weight excluding hydrogens is 424 g/mol. The zero-order valence-electron chi connectivity index (χ0n) is 17.7. The maximum absolute atomic E-state index is 10.0. The van der Waals surface area contributed by atoms with Crippen molar-refractivity contribution in [3.63, 3.8) is 0 Å². The van der Waals surface area contributed by atoms with Gasteiger partial charge in [-0.3, -0.25) is 0 Å². The molecule has 0 spiro atoms. The summed E-state index contributed by atoms with van der Waals surface area (Å²) in [7, 11) is 0. The van der Waals surface area contributed by atoms with Crippen LogP contribution in [0, 0.1) is 28.6 Å². The van der Waals surface area contributed by atoms with Crippen LogP contribution in [0.2, 0.25) is 0 Å². The van der Waals surface area contributed by atoms with Gasteiger partial charge in [-0.05, 0) is 30.5 Å². The second-order valence-electron chi connectivity index (χ2n) is 8.36. The maximum atomic E-state index is 10.0. The van der Waals surface area contributed by atoms with E-state index >= 15 is 0 Å². The van der Waals surface area contributed by atoms with E-state index in [-0.39, 0.29) is 6.10 Å². The molecule has 0 unspecified atom stereocenters. The molecule has 3 aliphatic rings. The molecule has 0 bridgehead atoms. The van der Waals surface area contributed by atoms with E-state index in [1.54, 1.807) is 11.8 Å². The first-order chi connectivity index (χ1) is 15.7. The van der Waals surface area contributed by atoms with Gasteiger partial charge >= 0.3 is 0 Å². The topological polar surface area (TPSA) is 100 Å². The Hall–Kier alpha value is -2.78. The number of benzene rings is 1. The summed E-state index contributed by atoms with van der Waals surface area (Å²) in [5, 5.41) is 24.1. The van der Waals surface area contributed by atoms with E-state index < -0.39 is 0 Å². The molecular formula is C24H24N4O3S. The number of nitriles is 2. The highest BCUT2D eigenvalue weighted by atomic mass is 32.2. The summed E-state index contributed by atoms with van der Waals surface area (Å²) in [5.41, 5.74) is 2.31. The molecule has 3 heterocycles. The highest BCUT2D eigenvalue weighted by Crippen LogP contribution is 2.39. The number of hydrogen-bond acceptors (Lipinski definition) is 8. The lowest BCUT2D eigenvalue weighted by Gasteiger charge is -2.26. The molecule has 32 heavy (non-hydrogen) atoms. The van der Waals surface area contributed by atoms with E-state index in [2.05, 4.69) is 17.5 Å². The van der Waals surface area contributed by atoms with Crippen molar-refractivity contribution in [3.05, 3.63) is 35.4 Å². The minimum Gasteiger partial charge on any atom is -0.491 e. The molecule has 3 fully saturated rings. The van der Waals surface area contributed by atoms with Crippen LogP contribution < -0.4 is 10.1 Å². The minimum atomic E-state index is 0.168. The molecule has 2 aromatic rings. The quantitative estimate of drug-likeness (QED) is 0.575. The van der Waals surface area contributed by atoms with Gasteiger partial charge in [0.05, 0.1) is 24.9 Å². The Kier molecular flexibility index (Phi) is 6.18. The van der Waals surface area contributed by atoms with Gasteiger partial charge < -0.3 is 19.5 Å². The molecule has 5 rings (SSSR count). The molecule has 1 atom stereocenters. The predicted molar refractivity (Wildman–Crippen MR) is 121 cm³/mol. The smallest absolute Gasteiger partial charge is 0.146 e. The van der Waals surface area contributed by atoms with Crippen LogP contribution in [-0.4, -0.2) is 49.3 Å². The van der Waals surface area contributed by atoms with Crippen LogP contribution in [0.3, 0.4) is 0 Å². The monoisotopic (exact) mass is 448 g/mol. The van der Waals surface area contributed by atoms with Crippen molar-refractivity contribution in [3.8, 4) is 29.0 Å². The van der Waals surface area contributed by atoms with Crippen molar-refractivity contribution in [1.82, 2.24) is 4.98 Å².